The van der Waals surface area contributed by atoms with Gasteiger partial charge in [-0.1, -0.05) is 24.3 Å². The number of halogens is 1. The van der Waals surface area contributed by atoms with Crippen LogP contribution in [0.5, 0.6) is 5.75 Å². The number of rotatable bonds is 3. The number of amides is 1. The molecule has 0 aliphatic carbocycles. The van der Waals surface area contributed by atoms with Crippen LogP contribution in [-0.2, 0) is 11.2 Å². The van der Waals surface area contributed by atoms with E-state index in [1.54, 1.807) is 24.3 Å². The average molecular weight is 313 g/mol. The van der Waals surface area contributed by atoms with E-state index in [1.807, 2.05) is 24.0 Å². The summed E-state index contributed by atoms with van der Waals surface area (Å²) in [5.74, 6) is 0.297. The first kappa shape index (κ1) is 15.5. The maximum Gasteiger partial charge on any atom is 0.227 e. The second kappa shape index (κ2) is 6.41. The third-order valence-corrected chi connectivity index (χ3v) is 4.48. The Morgan fingerprint density at radius 3 is 2.87 bits per heavy atom. The molecular formula is C19H20FNO2. The van der Waals surface area contributed by atoms with Crippen molar-refractivity contribution in [3.05, 3.63) is 65.0 Å². The topological polar surface area (TPSA) is 40.5 Å². The number of hydrogen-bond donors (Lipinski definition) is 1. The molecule has 1 saturated heterocycles. The summed E-state index contributed by atoms with van der Waals surface area (Å²) in [4.78, 5) is 14.3. The van der Waals surface area contributed by atoms with Crippen molar-refractivity contribution in [2.45, 2.75) is 25.7 Å². The van der Waals surface area contributed by atoms with Gasteiger partial charge < -0.3 is 10.0 Å². The van der Waals surface area contributed by atoms with Gasteiger partial charge in [0.1, 0.15) is 11.6 Å². The van der Waals surface area contributed by atoms with E-state index in [2.05, 4.69) is 0 Å². The summed E-state index contributed by atoms with van der Waals surface area (Å²) in [6.07, 6.45) is 1.20. The van der Waals surface area contributed by atoms with E-state index in [-0.39, 0.29) is 23.4 Å². The van der Waals surface area contributed by atoms with E-state index in [4.69, 9.17) is 0 Å². The predicted molar refractivity (Wildman–Crippen MR) is 86.9 cm³/mol. The molecule has 4 heteroatoms. The maximum atomic E-state index is 13.3. The fraction of sp³-hybridized carbons (Fsp3) is 0.316. The van der Waals surface area contributed by atoms with Crippen molar-refractivity contribution in [1.82, 2.24) is 4.90 Å². The van der Waals surface area contributed by atoms with Gasteiger partial charge in [-0.05, 0) is 48.2 Å². The Morgan fingerprint density at radius 1 is 1.30 bits per heavy atom. The first-order chi connectivity index (χ1) is 11.0. The molecule has 1 unspecified atom stereocenters. The third-order valence-electron chi connectivity index (χ3n) is 4.48. The molecule has 1 aliphatic rings. The Morgan fingerprint density at radius 2 is 2.13 bits per heavy atom. The summed E-state index contributed by atoms with van der Waals surface area (Å²) >= 11 is 0. The molecule has 2 aromatic carbocycles. The Bertz CT molecular complexity index is 729. The van der Waals surface area contributed by atoms with E-state index in [0.29, 0.717) is 19.5 Å². The van der Waals surface area contributed by atoms with E-state index in [1.165, 1.54) is 6.07 Å². The number of phenols is 1. The van der Waals surface area contributed by atoms with Gasteiger partial charge in [0.25, 0.3) is 0 Å². The number of phenolic OH excluding ortho intramolecular Hbond substituents is 1. The number of likely N-dealkylation sites (tertiary alicyclic amines) is 1. The molecule has 1 aliphatic heterocycles. The van der Waals surface area contributed by atoms with E-state index >= 15 is 0 Å². The molecule has 0 radical (unpaired) electrons. The van der Waals surface area contributed by atoms with E-state index < -0.39 is 0 Å². The van der Waals surface area contributed by atoms with Gasteiger partial charge in [0.2, 0.25) is 5.91 Å². The van der Waals surface area contributed by atoms with Gasteiger partial charge in [-0.15, -0.1) is 0 Å². The highest BCUT2D eigenvalue weighted by Crippen LogP contribution is 2.28. The predicted octanol–water partition coefficient (Wildman–Crippen LogP) is 3.40. The second-order valence-electron chi connectivity index (χ2n) is 6.18. The van der Waals surface area contributed by atoms with Crippen molar-refractivity contribution < 1.29 is 14.3 Å². The number of carbonyl (C=O) groups excluding carboxylic acids is 1. The number of hydrogen-bond acceptors (Lipinski definition) is 2. The van der Waals surface area contributed by atoms with Crippen LogP contribution in [0.3, 0.4) is 0 Å². The summed E-state index contributed by atoms with van der Waals surface area (Å²) in [7, 11) is 0. The summed E-state index contributed by atoms with van der Waals surface area (Å²) in [5, 5.41) is 9.55. The van der Waals surface area contributed by atoms with Crippen molar-refractivity contribution in [3.63, 3.8) is 0 Å². The molecule has 1 atom stereocenters. The van der Waals surface area contributed by atoms with Gasteiger partial charge in [0.05, 0.1) is 6.42 Å². The van der Waals surface area contributed by atoms with Crippen LogP contribution in [0, 0.1) is 12.7 Å². The Labute approximate surface area is 135 Å². The van der Waals surface area contributed by atoms with Crippen molar-refractivity contribution in [1.29, 1.82) is 0 Å². The summed E-state index contributed by atoms with van der Waals surface area (Å²) in [5.41, 5.74) is 2.63. The molecule has 1 amide bonds. The minimum absolute atomic E-state index is 0.0778. The fourth-order valence-electron chi connectivity index (χ4n) is 3.13. The number of aromatic hydroxyl groups is 1. The zero-order chi connectivity index (χ0) is 16.4. The van der Waals surface area contributed by atoms with Crippen molar-refractivity contribution in [2.75, 3.05) is 13.1 Å². The van der Waals surface area contributed by atoms with Crippen molar-refractivity contribution in [2.24, 2.45) is 0 Å². The SMILES string of the molecule is Cc1cc(CC(=O)N2CCC(c3cccc(F)c3)C2)ccc1O. The summed E-state index contributed by atoms with van der Waals surface area (Å²) in [6.45, 7) is 3.16. The number of nitrogens with zero attached hydrogens (tertiary/aromatic N) is 1. The Balaban J connectivity index is 1.64. The van der Waals surface area contributed by atoms with E-state index in [0.717, 1.165) is 23.1 Å². The molecule has 1 heterocycles. The van der Waals surface area contributed by atoms with E-state index in [9.17, 15) is 14.3 Å². The second-order valence-corrected chi connectivity index (χ2v) is 6.18. The Kier molecular flexibility index (Phi) is 4.33. The molecule has 23 heavy (non-hydrogen) atoms. The summed E-state index contributed by atoms with van der Waals surface area (Å²) < 4.78 is 13.3. The molecule has 0 spiro atoms. The lowest BCUT2D eigenvalue weighted by Crippen LogP contribution is -2.29. The van der Waals surface area contributed by atoms with Crippen LogP contribution in [0.25, 0.3) is 0 Å². The van der Waals surface area contributed by atoms with Crippen LogP contribution in [0.15, 0.2) is 42.5 Å². The van der Waals surface area contributed by atoms with Crippen molar-refractivity contribution in [3.8, 4) is 5.75 Å². The number of benzene rings is 2. The number of aryl methyl sites for hydroxylation is 1. The lowest BCUT2D eigenvalue weighted by atomic mass is 9.98. The lowest BCUT2D eigenvalue weighted by Gasteiger charge is -2.17. The lowest BCUT2D eigenvalue weighted by molar-refractivity contribution is -0.129. The molecule has 0 bridgehead atoms. The molecule has 3 nitrogen and oxygen atoms in total. The molecule has 120 valence electrons. The average Bonchev–Trinajstić information content (AvgIpc) is 3.01. The van der Waals surface area contributed by atoms with Gasteiger partial charge >= 0.3 is 0 Å². The zero-order valence-corrected chi connectivity index (χ0v) is 13.1. The molecule has 1 fully saturated rings. The highest BCUT2D eigenvalue weighted by Gasteiger charge is 2.27. The molecule has 0 aromatic heterocycles. The van der Waals surface area contributed by atoms with Crippen LogP contribution in [-0.4, -0.2) is 29.0 Å². The normalized spacial score (nSPS) is 17.5. The fourth-order valence-corrected chi connectivity index (χ4v) is 3.13. The minimum Gasteiger partial charge on any atom is -0.508 e. The van der Waals surface area contributed by atoms with Crippen molar-refractivity contribution >= 4 is 5.91 Å². The minimum atomic E-state index is -0.230. The third kappa shape index (κ3) is 3.52. The standard InChI is InChI=1S/C19H20FNO2/c1-13-9-14(5-6-18(13)22)10-19(23)21-8-7-16(12-21)15-3-2-4-17(20)11-15/h2-6,9,11,16,22H,7-8,10,12H2,1H3. The molecule has 0 saturated carbocycles. The zero-order valence-electron chi connectivity index (χ0n) is 13.1. The largest absolute Gasteiger partial charge is 0.508 e. The van der Waals surface area contributed by atoms with Crippen LogP contribution >= 0.6 is 0 Å². The molecule has 2 aromatic rings. The first-order valence-electron chi connectivity index (χ1n) is 7.84. The van der Waals surface area contributed by atoms with Gasteiger partial charge in [0.15, 0.2) is 0 Å². The van der Waals surface area contributed by atoms with Crippen LogP contribution < -0.4 is 0 Å². The van der Waals surface area contributed by atoms with Crippen LogP contribution in [0.1, 0.15) is 29.0 Å². The molecule has 3 rings (SSSR count). The quantitative estimate of drug-likeness (QED) is 0.943. The highest BCUT2D eigenvalue weighted by atomic mass is 19.1. The Hall–Kier alpha value is -2.36. The van der Waals surface area contributed by atoms with Gasteiger partial charge in [-0.2, -0.15) is 0 Å². The van der Waals surface area contributed by atoms with Gasteiger partial charge in [-0.3, -0.25) is 4.79 Å². The monoisotopic (exact) mass is 313 g/mol. The van der Waals surface area contributed by atoms with Crippen LogP contribution in [0.4, 0.5) is 4.39 Å². The highest BCUT2D eigenvalue weighted by molar-refractivity contribution is 5.79. The van der Waals surface area contributed by atoms with Crippen LogP contribution in [0.2, 0.25) is 0 Å². The van der Waals surface area contributed by atoms with Gasteiger partial charge in [0, 0.05) is 19.0 Å². The molecule has 1 N–H and O–H groups in total. The van der Waals surface area contributed by atoms with Gasteiger partial charge in [-0.25, -0.2) is 4.39 Å². The molecular weight excluding hydrogens is 293 g/mol. The smallest absolute Gasteiger partial charge is 0.227 e. The summed E-state index contributed by atoms with van der Waals surface area (Å²) in [6, 6.07) is 11.9. The maximum absolute atomic E-state index is 13.3. The first-order valence-corrected chi connectivity index (χ1v) is 7.84. The number of carbonyl (C=O) groups is 1.